The molecule has 0 saturated carbocycles. The number of ether oxygens (including phenoxy) is 2. The fraction of sp³-hybridized carbons (Fsp3) is 0.478. The highest BCUT2D eigenvalue weighted by Gasteiger charge is 2.14. The van der Waals surface area contributed by atoms with Crippen molar-refractivity contribution < 1.29 is 14.3 Å². The third-order valence-corrected chi connectivity index (χ3v) is 5.63. The number of anilines is 1. The van der Waals surface area contributed by atoms with E-state index in [1.807, 2.05) is 39.0 Å². The van der Waals surface area contributed by atoms with Crippen molar-refractivity contribution in [3.63, 3.8) is 0 Å². The number of hydrogen-bond acceptors (Lipinski definition) is 5. The summed E-state index contributed by atoms with van der Waals surface area (Å²) in [5.41, 5.74) is 0.516. The highest BCUT2D eigenvalue weighted by molar-refractivity contribution is 7.11. The Balaban J connectivity index is 1.71. The van der Waals surface area contributed by atoms with Crippen LogP contribution < -0.4 is 25.4 Å². The van der Waals surface area contributed by atoms with Crippen LogP contribution in [0.4, 0.5) is 5.69 Å². The van der Waals surface area contributed by atoms with Gasteiger partial charge in [0.25, 0.3) is 0 Å². The first-order chi connectivity index (χ1) is 14.8. The molecule has 2 heterocycles. The standard InChI is InChI=1S/C23H32N4O3S/c1-5-17-8-9-18(31-17)14-24-22(25-15-21(28)27-23(2,3)4)26-16-7-10-19-20(13-16)30-12-6-11-29-19/h7-10,13H,5-6,11-12,14-15H2,1-4H3,(H,27,28)(H2,24,25,26). The number of nitrogens with one attached hydrogen (secondary N) is 3. The Labute approximate surface area is 188 Å². The zero-order valence-electron chi connectivity index (χ0n) is 18.7. The lowest BCUT2D eigenvalue weighted by Gasteiger charge is -2.20. The zero-order chi connectivity index (χ0) is 22.3. The van der Waals surface area contributed by atoms with Crippen LogP contribution >= 0.6 is 11.3 Å². The van der Waals surface area contributed by atoms with Crippen LogP contribution in [0.25, 0.3) is 0 Å². The Morgan fingerprint density at radius 1 is 1.10 bits per heavy atom. The van der Waals surface area contributed by atoms with E-state index in [0.717, 1.165) is 24.3 Å². The van der Waals surface area contributed by atoms with E-state index in [4.69, 9.17) is 9.47 Å². The number of carbonyl (C=O) groups excluding carboxylic acids is 1. The number of carbonyl (C=O) groups is 1. The van der Waals surface area contributed by atoms with Gasteiger partial charge in [-0.1, -0.05) is 6.92 Å². The van der Waals surface area contributed by atoms with Gasteiger partial charge in [0, 0.05) is 33.5 Å². The number of amides is 1. The predicted molar refractivity (Wildman–Crippen MR) is 126 cm³/mol. The van der Waals surface area contributed by atoms with Crippen LogP contribution in [-0.2, 0) is 17.8 Å². The van der Waals surface area contributed by atoms with Gasteiger partial charge in [0.2, 0.25) is 5.91 Å². The fourth-order valence-corrected chi connectivity index (χ4v) is 3.90. The fourth-order valence-electron chi connectivity index (χ4n) is 3.00. The Kier molecular flexibility index (Phi) is 7.79. The van der Waals surface area contributed by atoms with Crippen LogP contribution in [-0.4, -0.2) is 37.2 Å². The van der Waals surface area contributed by atoms with Gasteiger partial charge >= 0.3 is 0 Å². The predicted octanol–water partition coefficient (Wildman–Crippen LogP) is 3.94. The molecule has 7 nitrogen and oxygen atoms in total. The quantitative estimate of drug-likeness (QED) is 0.464. The molecule has 3 rings (SSSR count). The molecule has 1 aliphatic heterocycles. The normalized spacial score (nSPS) is 14.0. The summed E-state index contributed by atoms with van der Waals surface area (Å²) in [5, 5.41) is 9.55. The van der Waals surface area contributed by atoms with Crippen molar-refractivity contribution in [1.82, 2.24) is 10.6 Å². The smallest absolute Gasteiger partial charge is 0.242 e. The summed E-state index contributed by atoms with van der Waals surface area (Å²) >= 11 is 1.77. The number of rotatable bonds is 6. The first-order valence-electron chi connectivity index (χ1n) is 10.7. The topological polar surface area (TPSA) is 84.0 Å². The van der Waals surface area contributed by atoms with Crippen LogP contribution in [0.15, 0.2) is 35.3 Å². The number of fused-ring (bicyclic) bond motifs is 1. The summed E-state index contributed by atoms with van der Waals surface area (Å²) < 4.78 is 11.5. The molecule has 0 unspecified atom stereocenters. The molecule has 1 aromatic heterocycles. The summed E-state index contributed by atoms with van der Waals surface area (Å²) in [4.78, 5) is 19.3. The largest absolute Gasteiger partial charge is 0.490 e. The molecule has 168 valence electrons. The maximum Gasteiger partial charge on any atom is 0.242 e. The van der Waals surface area contributed by atoms with E-state index in [9.17, 15) is 4.79 Å². The van der Waals surface area contributed by atoms with Crippen molar-refractivity contribution in [3.8, 4) is 11.5 Å². The van der Waals surface area contributed by atoms with E-state index in [1.165, 1.54) is 9.75 Å². The maximum absolute atomic E-state index is 12.3. The van der Waals surface area contributed by atoms with Crippen LogP contribution in [0.5, 0.6) is 11.5 Å². The average molecular weight is 445 g/mol. The summed E-state index contributed by atoms with van der Waals surface area (Å²) in [5.74, 6) is 1.85. The molecule has 0 saturated heterocycles. The lowest BCUT2D eigenvalue weighted by Crippen LogP contribution is -2.42. The average Bonchev–Trinajstić information content (AvgIpc) is 3.05. The number of aryl methyl sites for hydroxylation is 1. The lowest BCUT2D eigenvalue weighted by atomic mass is 10.1. The van der Waals surface area contributed by atoms with Crippen molar-refractivity contribution in [2.24, 2.45) is 4.99 Å². The van der Waals surface area contributed by atoms with Gasteiger partial charge in [-0.05, 0) is 51.5 Å². The van der Waals surface area contributed by atoms with Gasteiger partial charge in [0.1, 0.15) is 6.54 Å². The second-order valence-corrected chi connectivity index (χ2v) is 9.63. The highest BCUT2D eigenvalue weighted by Crippen LogP contribution is 2.32. The Bertz CT molecular complexity index is 918. The number of nitrogens with zero attached hydrogens (tertiary/aromatic N) is 1. The molecule has 8 heteroatoms. The van der Waals surface area contributed by atoms with Gasteiger partial charge in [0.05, 0.1) is 19.8 Å². The molecule has 0 spiro atoms. The van der Waals surface area contributed by atoms with Crippen molar-refractivity contribution in [3.05, 3.63) is 40.1 Å². The molecule has 31 heavy (non-hydrogen) atoms. The minimum Gasteiger partial charge on any atom is -0.490 e. The molecule has 3 N–H and O–H groups in total. The maximum atomic E-state index is 12.3. The van der Waals surface area contributed by atoms with Crippen LogP contribution in [0, 0.1) is 0 Å². The highest BCUT2D eigenvalue weighted by atomic mass is 32.1. The number of guanidine groups is 1. The van der Waals surface area contributed by atoms with E-state index in [1.54, 1.807) is 11.3 Å². The van der Waals surface area contributed by atoms with Crippen LogP contribution in [0.1, 0.15) is 43.9 Å². The van der Waals surface area contributed by atoms with Crippen molar-refractivity contribution in [2.75, 3.05) is 25.1 Å². The van der Waals surface area contributed by atoms with Gasteiger partial charge in [-0.2, -0.15) is 0 Å². The van der Waals surface area contributed by atoms with Gasteiger partial charge in [-0.25, -0.2) is 4.99 Å². The Morgan fingerprint density at radius 3 is 2.55 bits per heavy atom. The van der Waals surface area contributed by atoms with Crippen LogP contribution in [0.3, 0.4) is 0 Å². The summed E-state index contributed by atoms with van der Waals surface area (Å²) in [6.45, 7) is 9.93. The molecule has 0 atom stereocenters. The van der Waals surface area contributed by atoms with E-state index >= 15 is 0 Å². The minimum atomic E-state index is -0.296. The van der Waals surface area contributed by atoms with E-state index in [0.29, 0.717) is 31.5 Å². The van der Waals surface area contributed by atoms with E-state index < -0.39 is 0 Å². The number of aliphatic imine (C=N–C) groups is 1. The second-order valence-electron chi connectivity index (χ2n) is 8.38. The molecule has 2 aromatic rings. The van der Waals surface area contributed by atoms with Gasteiger partial charge in [0.15, 0.2) is 17.5 Å². The molecule has 1 aliphatic rings. The summed E-state index contributed by atoms with van der Waals surface area (Å²) in [6, 6.07) is 9.97. The molecule has 0 fully saturated rings. The zero-order valence-corrected chi connectivity index (χ0v) is 19.5. The number of thiophene rings is 1. The lowest BCUT2D eigenvalue weighted by molar-refractivity contribution is -0.121. The summed E-state index contributed by atoms with van der Waals surface area (Å²) in [7, 11) is 0. The first-order valence-corrected chi connectivity index (χ1v) is 11.5. The van der Waals surface area contributed by atoms with Crippen molar-refractivity contribution >= 4 is 28.9 Å². The second kappa shape index (κ2) is 10.5. The monoisotopic (exact) mass is 444 g/mol. The number of hydrogen-bond donors (Lipinski definition) is 3. The first kappa shape index (κ1) is 22.9. The molecule has 1 aromatic carbocycles. The Hall–Kier alpha value is -2.74. The molecular weight excluding hydrogens is 412 g/mol. The molecular formula is C23H32N4O3S. The van der Waals surface area contributed by atoms with Gasteiger partial charge < -0.3 is 25.4 Å². The summed E-state index contributed by atoms with van der Waals surface area (Å²) in [6.07, 6.45) is 1.88. The molecule has 1 amide bonds. The molecule has 0 radical (unpaired) electrons. The Morgan fingerprint density at radius 2 is 1.84 bits per heavy atom. The third-order valence-electron chi connectivity index (χ3n) is 4.40. The third kappa shape index (κ3) is 7.47. The SMILES string of the molecule is CCc1ccc(CNC(=NCC(=O)NC(C)(C)C)Nc2ccc3c(c2)OCCCO3)s1. The van der Waals surface area contributed by atoms with Crippen molar-refractivity contribution in [2.45, 2.75) is 52.6 Å². The molecule has 0 aliphatic carbocycles. The van der Waals surface area contributed by atoms with Gasteiger partial charge in [-0.3, -0.25) is 4.79 Å². The number of benzene rings is 1. The van der Waals surface area contributed by atoms with E-state index in [2.05, 4.69) is 40.0 Å². The van der Waals surface area contributed by atoms with Gasteiger partial charge in [-0.15, -0.1) is 11.3 Å². The van der Waals surface area contributed by atoms with Crippen molar-refractivity contribution in [1.29, 1.82) is 0 Å². The molecule has 0 bridgehead atoms. The van der Waals surface area contributed by atoms with E-state index in [-0.39, 0.29) is 18.0 Å². The van der Waals surface area contributed by atoms with Crippen LogP contribution in [0.2, 0.25) is 0 Å². The minimum absolute atomic E-state index is 0.0296.